The van der Waals surface area contributed by atoms with E-state index in [1.54, 1.807) is 0 Å². The second-order valence-electron chi connectivity index (χ2n) is 5.03. The van der Waals surface area contributed by atoms with Crippen molar-refractivity contribution in [2.24, 2.45) is 0 Å². The van der Waals surface area contributed by atoms with Crippen LogP contribution in [0.4, 0.5) is 0 Å². The first-order valence-electron chi connectivity index (χ1n) is 7.76. The fraction of sp³-hybridized carbons (Fsp3) is 0.647. The van der Waals surface area contributed by atoms with E-state index in [1.807, 2.05) is 6.07 Å². The van der Waals surface area contributed by atoms with Gasteiger partial charge >= 0.3 is 0 Å². The Morgan fingerprint density at radius 3 is 2.00 bits per heavy atom. The smallest absolute Gasteiger partial charge is 0.161 e. The van der Waals surface area contributed by atoms with Gasteiger partial charge in [-0.1, -0.05) is 61.5 Å². The molecule has 0 heterocycles. The lowest BCUT2D eigenvalue weighted by Crippen LogP contribution is -2.03. The largest absolute Gasteiger partial charge is 0.490 e. The van der Waals surface area contributed by atoms with E-state index in [9.17, 15) is 0 Å². The number of hydrogen-bond acceptors (Lipinski definition) is 2. The molecule has 0 aromatic heterocycles. The average Bonchev–Trinajstić information content (AvgIpc) is 2.49. The number of unbranched alkanes of at least 4 members (excludes halogenated alkanes) is 4. The van der Waals surface area contributed by atoms with Crippen molar-refractivity contribution in [2.75, 3.05) is 13.2 Å². The van der Waals surface area contributed by atoms with E-state index in [0.29, 0.717) is 0 Å². The molecule has 1 aromatic carbocycles. The van der Waals surface area contributed by atoms with Gasteiger partial charge in [0.15, 0.2) is 11.5 Å². The number of hydrogen-bond donors (Lipinski definition) is 0. The molecular weight excluding hydrogens is 316 g/mol. The standard InChI is InChI=1S/C17H27BrO2/c1-3-5-7-11-19-16-10-9-15(14-18)13-17(16)20-12-8-6-4-2/h9-10,13H,3-8,11-12,14H2,1-2H3. The Hall–Kier alpha value is -0.700. The zero-order valence-corrected chi connectivity index (χ0v) is 14.4. The lowest BCUT2D eigenvalue weighted by atomic mass is 10.2. The van der Waals surface area contributed by atoms with Gasteiger partial charge in [0.25, 0.3) is 0 Å². The minimum atomic E-state index is 0.769. The lowest BCUT2D eigenvalue weighted by molar-refractivity contribution is 0.259. The zero-order chi connectivity index (χ0) is 14.6. The molecule has 0 unspecified atom stereocenters. The van der Waals surface area contributed by atoms with Crippen LogP contribution in [-0.2, 0) is 5.33 Å². The van der Waals surface area contributed by atoms with Crippen molar-refractivity contribution in [3.8, 4) is 11.5 Å². The summed E-state index contributed by atoms with van der Waals surface area (Å²) in [6.07, 6.45) is 7.06. The van der Waals surface area contributed by atoms with Crippen LogP contribution >= 0.6 is 15.9 Å². The Morgan fingerprint density at radius 2 is 1.45 bits per heavy atom. The number of ether oxygens (including phenoxy) is 2. The molecule has 114 valence electrons. The molecule has 0 saturated heterocycles. The number of halogens is 1. The molecule has 0 atom stereocenters. The van der Waals surface area contributed by atoms with Crippen molar-refractivity contribution in [1.29, 1.82) is 0 Å². The van der Waals surface area contributed by atoms with Gasteiger partial charge in [0.05, 0.1) is 13.2 Å². The lowest BCUT2D eigenvalue weighted by Gasteiger charge is -2.13. The van der Waals surface area contributed by atoms with Crippen LogP contribution in [0.1, 0.15) is 57.9 Å². The summed E-state index contributed by atoms with van der Waals surface area (Å²) in [5, 5.41) is 0.842. The maximum Gasteiger partial charge on any atom is 0.161 e. The maximum absolute atomic E-state index is 5.89. The minimum Gasteiger partial charge on any atom is -0.490 e. The second-order valence-corrected chi connectivity index (χ2v) is 5.59. The third kappa shape index (κ3) is 6.65. The highest BCUT2D eigenvalue weighted by Crippen LogP contribution is 2.29. The summed E-state index contributed by atoms with van der Waals surface area (Å²) < 4.78 is 11.7. The summed E-state index contributed by atoms with van der Waals surface area (Å²) in [4.78, 5) is 0. The first-order valence-corrected chi connectivity index (χ1v) is 8.88. The monoisotopic (exact) mass is 342 g/mol. The molecule has 0 aliphatic rings. The molecule has 0 bridgehead atoms. The highest BCUT2D eigenvalue weighted by atomic mass is 79.9. The molecule has 1 aromatic rings. The molecule has 1 rings (SSSR count). The average molecular weight is 343 g/mol. The third-order valence-electron chi connectivity index (χ3n) is 3.17. The van der Waals surface area contributed by atoms with Gasteiger partial charge in [-0.2, -0.15) is 0 Å². The highest BCUT2D eigenvalue weighted by Gasteiger charge is 2.06. The quantitative estimate of drug-likeness (QED) is 0.378. The summed E-state index contributed by atoms with van der Waals surface area (Å²) in [6.45, 7) is 5.94. The number of benzene rings is 1. The van der Waals surface area contributed by atoms with Gasteiger partial charge in [-0.3, -0.25) is 0 Å². The number of alkyl halides is 1. The van der Waals surface area contributed by atoms with Crippen LogP contribution in [0.2, 0.25) is 0 Å². The molecular formula is C17H27BrO2. The van der Waals surface area contributed by atoms with Crippen LogP contribution in [0, 0.1) is 0 Å². The second kappa shape index (κ2) is 11.0. The van der Waals surface area contributed by atoms with E-state index >= 15 is 0 Å². The van der Waals surface area contributed by atoms with E-state index < -0.39 is 0 Å². The molecule has 2 nitrogen and oxygen atoms in total. The van der Waals surface area contributed by atoms with Crippen molar-refractivity contribution < 1.29 is 9.47 Å². The van der Waals surface area contributed by atoms with Crippen LogP contribution in [-0.4, -0.2) is 13.2 Å². The Labute approximate surface area is 132 Å². The van der Waals surface area contributed by atoms with Gasteiger partial charge in [0.2, 0.25) is 0 Å². The minimum absolute atomic E-state index is 0.769. The van der Waals surface area contributed by atoms with Gasteiger partial charge in [-0.25, -0.2) is 0 Å². The van der Waals surface area contributed by atoms with E-state index in [1.165, 1.54) is 31.2 Å². The van der Waals surface area contributed by atoms with Crippen LogP contribution in [0.5, 0.6) is 11.5 Å². The molecule has 0 amide bonds. The molecule has 20 heavy (non-hydrogen) atoms. The normalized spacial score (nSPS) is 10.6. The summed E-state index contributed by atoms with van der Waals surface area (Å²) in [5.74, 6) is 1.76. The molecule has 3 heteroatoms. The first kappa shape index (κ1) is 17.4. The maximum atomic E-state index is 5.89. The van der Waals surface area contributed by atoms with Crippen molar-refractivity contribution in [1.82, 2.24) is 0 Å². The fourth-order valence-electron chi connectivity index (χ4n) is 1.94. The van der Waals surface area contributed by atoms with Gasteiger partial charge < -0.3 is 9.47 Å². The Kier molecular flexibility index (Phi) is 9.56. The van der Waals surface area contributed by atoms with Gasteiger partial charge in [-0.05, 0) is 30.5 Å². The third-order valence-corrected chi connectivity index (χ3v) is 3.82. The van der Waals surface area contributed by atoms with E-state index in [-0.39, 0.29) is 0 Å². The fourth-order valence-corrected chi connectivity index (χ4v) is 2.28. The molecule has 0 N–H and O–H groups in total. The Balaban J connectivity index is 2.56. The number of rotatable bonds is 11. The van der Waals surface area contributed by atoms with Gasteiger partial charge in [0.1, 0.15) is 0 Å². The molecule has 0 fully saturated rings. The molecule has 0 spiro atoms. The van der Waals surface area contributed by atoms with Gasteiger partial charge in [-0.15, -0.1) is 0 Å². The molecule has 0 radical (unpaired) electrons. The molecule has 0 aliphatic carbocycles. The van der Waals surface area contributed by atoms with E-state index in [0.717, 1.165) is 42.9 Å². The van der Waals surface area contributed by atoms with Crippen molar-refractivity contribution in [3.63, 3.8) is 0 Å². The first-order chi connectivity index (χ1) is 9.81. The zero-order valence-electron chi connectivity index (χ0n) is 12.8. The van der Waals surface area contributed by atoms with Crippen LogP contribution in [0.15, 0.2) is 18.2 Å². The SMILES string of the molecule is CCCCCOc1ccc(CBr)cc1OCCCCC. The van der Waals surface area contributed by atoms with Crippen molar-refractivity contribution in [2.45, 2.75) is 57.7 Å². The van der Waals surface area contributed by atoms with Crippen molar-refractivity contribution >= 4 is 15.9 Å². The summed E-state index contributed by atoms with van der Waals surface area (Å²) in [5.41, 5.74) is 1.22. The van der Waals surface area contributed by atoms with Crippen LogP contribution in [0.25, 0.3) is 0 Å². The summed E-state index contributed by atoms with van der Waals surface area (Å²) in [6, 6.07) is 6.19. The summed E-state index contributed by atoms with van der Waals surface area (Å²) >= 11 is 3.49. The Morgan fingerprint density at radius 1 is 0.850 bits per heavy atom. The van der Waals surface area contributed by atoms with Gasteiger partial charge in [0, 0.05) is 5.33 Å². The van der Waals surface area contributed by atoms with E-state index in [4.69, 9.17) is 9.47 Å². The van der Waals surface area contributed by atoms with E-state index in [2.05, 4.69) is 41.9 Å². The van der Waals surface area contributed by atoms with Crippen LogP contribution < -0.4 is 9.47 Å². The molecule has 0 saturated carbocycles. The van der Waals surface area contributed by atoms with Crippen molar-refractivity contribution in [3.05, 3.63) is 23.8 Å². The predicted molar refractivity (Wildman–Crippen MR) is 89.1 cm³/mol. The topological polar surface area (TPSA) is 18.5 Å². The highest BCUT2D eigenvalue weighted by molar-refractivity contribution is 9.08. The summed E-state index contributed by atoms with van der Waals surface area (Å²) in [7, 11) is 0. The van der Waals surface area contributed by atoms with Crippen LogP contribution in [0.3, 0.4) is 0 Å². The molecule has 0 aliphatic heterocycles. The predicted octanol–water partition coefficient (Wildman–Crippen LogP) is 5.72. The Bertz CT molecular complexity index is 366.